The van der Waals surface area contributed by atoms with Gasteiger partial charge in [-0.2, -0.15) is 0 Å². The summed E-state index contributed by atoms with van der Waals surface area (Å²) < 4.78 is 95.5. The van der Waals surface area contributed by atoms with E-state index in [-0.39, 0.29) is 56.2 Å². The molecule has 1 aromatic carbocycles. The number of amides is 2. The van der Waals surface area contributed by atoms with E-state index >= 15 is 0 Å². The smallest absolute Gasteiger partial charge is 0.186 e. The maximum Gasteiger partial charge on any atom is 0.186 e. The van der Waals surface area contributed by atoms with E-state index in [1.165, 1.54) is 26.4 Å². The normalized spacial score (nSPS) is 13.8. The van der Waals surface area contributed by atoms with E-state index in [9.17, 15) is 31.9 Å². The Kier molecular flexibility index (Phi) is 16.7. The number of esters is 1. The van der Waals surface area contributed by atoms with Gasteiger partial charge in [-0.1, -0.05) is 13.5 Å². The zero-order valence-electron chi connectivity index (χ0n) is 26.1. The SMILES string of the molecule is C=C1C=CC(=O)N1CCOC(=O)c1c(F)c(F)c(NC(CC)OCCOCCOC(=O)NCCC[Si](OC)(OC)[O][GeH3])c(F)c1F. The summed E-state index contributed by atoms with van der Waals surface area (Å²) in [4.78, 5) is 36.9. The minimum atomic E-state index is -2.64. The molecule has 1 unspecified atom stereocenters. The van der Waals surface area contributed by atoms with E-state index in [4.69, 9.17) is 31.3 Å². The molecule has 2 rings (SSSR count). The first kappa shape index (κ1) is 39.2. The zero-order chi connectivity index (χ0) is 34.3. The summed E-state index contributed by atoms with van der Waals surface area (Å²) in [6, 6.07) is 0.543. The first-order chi connectivity index (χ1) is 21.9. The number of nitrogens with zero attached hydrogens (tertiary/aromatic N) is 1. The van der Waals surface area contributed by atoms with Crippen LogP contribution in [-0.2, 0) is 36.0 Å². The number of benzene rings is 1. The third-order valence-corrected chi connectivity index (χ3v) is 13.3. The molecule has 0 saturated carbocycles. The van der Waals surface area contributed by atoms with Gasteiger partial charge in [-0.15, -0.1) is 0 Å². The van der Waals surface area contributed by atoms with Crippen molar-refractivity contribution in [2.45, 2.75) is 32.0 Å². The summed E-state index contributed by atoms with van der Waals surface area (Å²) in [6.45, 7) is 4.69. The molecule has 1 aromatic rings. The van der Waals surface area contributed by atoms with Crippen LogP contribution in [0.2, 0.25) is 6.04 Å². The van der Waals surface area contributed by atoms with Crippen molar-refractivity contribution >= 4 is 49.3 Å². The molecule has 0 saturated heterocycles. The Bertz CT molecular complexity index is 1200. The fourth-order valence-corrected chi connectivity index (χ4v) is 9.16. The quantitative estimate of drug-likeness (QED) is 0.0478. The summed E-state index contributed by atoms with van der Waals surface area (Å²) in [7, 11) is 0.408. The second kappa shape index (κ2) is 19.6. The van der Waals surface area contributed by atoms with Gasteiger partial charge in [-0.05, 0) is 12.5 Å². The first-order valence-electron chi connectivity index (χ1n) is 14.2. The number of halogens is 4. The van der Waals surface area contributed by atoms with Gasteiger partial charge in [0.05, 0.1) is 13.2 Å². The fraction of sp³-hybridized carbons (Fsp3) is 0.519. The summed E-state index contributed by atoms with van der Waals surface area (Å²) >= 11 is 0.102. The Morgan fingerprint density at radius 2 is 1.63 bits per heavy atom. The van der Waals surface area contributed by atoms with Crippen LogP contribution < -0.4 is 10.6 Å². The Morgan fingerprint density at radius 3 is 2.20 bits per heavy atom. The van der Waals surface area contributed by atoms with Crippen molar-refractivity contribution in [3.05, 3.63) is 53.3 Å². The Hall–Kier alpha value is -3.01. The predicted molar refractivity (Wildman–Crippen MR) is 161 cm³/mol. The monoisotopic (exact) mass is 743 g/mol. The van der Waals surface area contributed by atoms with Crippen molar-refractivity contribution in [3.8, 4) is 0 Å². The molecule has 0 spiro atoms. The maximum absolute atomic E-state index is 14.8. The molecule has 2 N–H and O–H groups in total. The van der Waals surface area contributed by atoms with Gasteiger partial charge in [0.25, 0.3) is 5.91 Å². The van der Waals surface area contributed by atoms with Gasteiger partial charge in [0.15, 0.2) is 23.3 Å². The third kappa shape index (κ3) is 11.1. The molecule has 0 aliphatic carbocycles. The largest absolute Gasteiger partial charge is 0.203 e. The standard InChI is InChI=1S/C27H39F4GeN3O10Si/c1-5-18(42-14-12-41-13-15-44-27(38)33-9-6-16-46(39-3,40-4)45-32)34-25-23(30)21(28)20(22(29)24(25)31)26(37)43-11-10-35-17(2)7-8-19(35)36/h7-8,18,34H,2,5-6,9-16H2,1,3-4,32H3,(H,33,38). The van der Waals surface area contributed by atoms with Gasteiger partial charge in [-0.3, -0.25) is 4.79 Å². The Morgan fingerprint density at radius 1 is 0.978 bits per heavy atom. The van der Waals surface area contributed by atoms with E-state index in [0.717, 1.165) is 4.90 Å². The number of anilines is 1. The number of hydrogen-bond acceptors (Lipinski definition) is 11. The predicted octanol–water partition coefficient (Wildman–Crippen LogP) is 2.14. The number of allylic oxidation sites excluding steroid dienone is 1. The minimum absolute atomic E-state index is 0.00367. The average molecular weight is 742 g/mol. The van der Waals surface area contributed by atoms with Gasteiger partial charge in [0, 0.05) is 11.8 Å². The molecular weight excluding hydrogens is 703 g/mol. The number of hydrogen-bond donors (Lipinski definition) is 2. The molecule has 0 bridgehead atoms. The van der Waals surface area contributed by atoms with Crippen molar-refractivity contribution in [3.63, 3.8) is 0 Å². The molecular formula is C27H39F4GeN3O10Si. The zero-order valence-corrected chi connectivity index (χ0v) is 31.2. The Labute approximate surface area is 273 Å². The molecule has 1 aliphatic rings. The van der Waals surface area contributed by atoms with Crippen molar-refractivity contribution in [1.29, 1.82) is 0 Å². The molecule has 0 radical (unpaired) electrons. The van der Waals surface area contributed by atoms with Crippen LogP contribution in [0, 0.1) is 23.3 Å². The fourth-order valence-electron chi connectivity index (χ4n) is 4.05. The molecule has 1 heterocycles. The van der Waals surface area contributed by atoms with Crippen molar-refractivity contribution in [1.82, 2.24) is 10.2 Å². The van der Waals surface area contributed by atoms with Crippen molar-refractivity contribution in [2.24, 2.45) is 0 Å². The van der Waals surface area contributed by atoms with E-state index in [2.05, 4.69) is 17.2 Å². The van der Waals surface area contributed by atoms with Gasteiger partial charge in [-0.25, -0.2) is 22.4 Å². The number of rotatable bonds is 21. The molecule has 46 heavy (non-hydrogen) atoms. The number of alkyl carbamates (subject to hydrolysis) is 1. The molecule has 2 amide bonds. The van der Waals surface area contributed by atoms with Crippen LogP contribution in [0.3, 0.4) is 0 Å². The first-order valence-corrected chi connectivity index (χ1v) is 17.8. The van der Waals surface area contributed by atoms with E-state index in [1.807, 2.05) is 0 Å². The summed E-state index contributed by atoms with van der Waals surface area (Å²) in [6.07, 6.45) is 1.61. The molecule has 258 valence electrons. The van der Waals surface area contributed by atoms with Gasteiger partial charge in [0.2, 0.25) is 0 Å². The molecule has 0 aromatic heterocycles. The van der Waals surface area contributed by atoms with Crippen LogP contribution in [-0.4, -0.2) is 115 Å². The minimum Gasteiger partial charge on any atom is -0.203 e. The number of nitrogens with one attached hydrogen (secondary N) is 2. The van der Waals surface area contributed by atoms with E-state index in [0.29, 0.717) is 24.7 Å². The molecule has 13 nitrogen and oxygen atoms in total. The van der Waals surface area contributed by atoms with Crippen LogP contribution in [0.15, 0.2) is 24.4 Å². The van der Waals surface area contributed by atoms with Gasteiger partial charge >= 0.3 is 123 Å². The van der Waals surface area contributed by atoms with Crippen molar-refractivity contribution < 1.29 is 63.2 Å². The van der Waals surface area contributed by atoms with E-state index in [1.54, 1.807) is 6.92 Å². The second-order valence-electron chi connectivity index (χ2n) is 9.44. The van der Waals surface area contributed by atoms with Crippen LogP contribution in [0.1, 0.15) is 30.1 Å². The molecule has 1 atom stereocenters. The topological polar surface area (TPSA) is 143 Å². The third-order valence-electron chi connectivity index (χ3n) is 6.59. The van der Waals surface area contributed by atoms with Crippen LogP contribution in [0.25, 0.3) is 0 Å². The van der Waals surface area contributed by atoms with E-state index < -0.39 is 74.1 Å². The van der Waals surface area contributed by atoms with Gasteiger partial charge in [0.1, 0.15) is 24.1 Å². The van der Waals surface area contributed by atoms with Crippen LogP contribution in [0.4, 0.5) is 28.0 Å². The van der Waals surface area contributed by atoms with Crippen LogP contribution in [0.5, 0.6) is 0 Å². The average Bonchev–Trinajstić information content (AvgIpc) is 3.37. The molecule has 19 heteroatoms. The molecule has 0 fully saturated rings. The maximum atomic E-state index is 14.8. The number of carbonyl (C=O) groups is 3. The second-order valence-corrected chi connectivity index (χ2v) is 15.1. The van der Waals surface area contributed by atoms with Crippen LogP contribution >= 0.6 is 0 Å². The number of ether oxygens (including phenoxy) is 4. The molecule has 1 aliphatic heterocycles. The summed E-state index contributed by atoms with van der Waals surface area (Å²) in [5.74, 6) is -9.73. The number of carbonyl (C=O) groups excluding carboxylic acids is 3. The van der Waals surface area contributed by atoms with Gasteiger partial charge < -0.3 is 19.7 Å². The summed E-state index contributed by atoms with van der Waals surface area (Å²) in [5.41, 5.74) is -2.42. The Balaban J connectivity index is 1.75. The van der Waals surface area contributed by atoms with Crippen molar-refractivity contribution in [2.75, 3.05) is 65.7 Å². The summed E-state index contributed by atoms with van der Waals surface area (Å²) in [5, 5.41) is 4.84.